The van der Waals surface area contributed by atoms with Gasteiger partial charge in [-0.1, -0.05) is 0 Å². The molecule has 3 atom stereocenters. The topological polar surface area (TPSA) is 17.1 Å². The average molecular weight is 146 g/mol. The van der Waals surface area contributed by atoms with E-state index in [0.717, 1.165) is 6.29 Å². The lowest BCUT2D eigenvalue weighted by Crippen LogP contribution is -1.97. The molecule has 2 aliphatic carbocycles. The van der Waals surface area contributed by atoms with Crippen molar-refractivity contribution in [2.75, 3.05) is 0 Å². The predicted octanol–water partition coefficient (Wildman–Crippen LogP) is 1.48. The molecule has 0 N–H and O–H groups in total. The van der Waals surface area contributed by atoms with E-state index in [1.165, 1.54) is 0 Å². The van der Waals surface area contributed by atoms with Crippen LogP contribution in [-0.2, 0) is 4.79 Å². The summed E-state index contributed by atoms with van der Waals surface area (Å²) in [7, 11) is 0. The van der Waals surface area contributed by atoms with Crippen LogP contribution in [0.2, 0.25) is 0 Å². The summed E-state index contributed by atoms with van der Waals surface area (Å²) in [6, 6.07) is 0. The molecule has 0 aromatic carbocycles. The molecule has 0 bridgehead atoms. The molecule has 0 radical (unpaired) electrons. The van der Waals surface area contributed by atoms with Gasteiger partial charge in [0, 0.05) is 18.3 Å². The molecule has 2 aliphatic rings. The first-order valence-electron chi connectivity index (χ1n) is 3.48. The van der Waals surface area contributed by atoms with Crippen LogP contribution >= 0.6 is 0 Å². The largest absolute Gasteiger partial charge is 0.303 e. The number of rotatable bonds is 2. The summed E-state index contributed by atoms with van der Waals surface area (Å²) in [6.45, 7) is 0. The van der Waals surface area contributed by atoms with Crippen LogP contribution in [0.3, 0.4) is 0 Å². The highest BCUT2D eigenvalue weighted by molar-refractivity contribution is 5.58. The molecule has 0 unspecified atom stereocenters. The minimum absolute atomic E-state index is 0.0159. The summed E-state index contributed by atoms with van der Waals surface area (Å²) in [5.74, 6) is -2.91. The zero-order valence-corrected chi connectivity index (χ0v) is 5.39. The van der Waals surface area contributed by atoms with Crippen molar-refractivity contribution in [3.8, 4) is 0 Å². The molecule has 2 fully saturated rings. The lowest BCUT2D eigenvalue weighted by Gasteiger charge is -1.91. The zero-order chi connectivity index (χ0) is 7.35. The first-order valence-corrected chi connectivity index (χ1v) is 3.48. The molecule has 0 spiro atoms. The van der Waals surface area contributed by atoms with E-state index in [1.54, 1.807) is 0 Å². The quantitative estimate of drug-likeness (QED) is 0.539. The smallest absolute Gasteiger partial charge is 0.251 e. The van der Waals surface area contributed by atoms with Crippen LogP contribution in [0.1, 0.15) is 12.8 Å². The van der Waals surface area contributed by atoms with Crippen LogP contribution in [0, 0.1) is 17.8 Å². The van der Waals surface area contributed by atoms with E-state index in [9.17, 15) is 13.6 Å². The Morgan fingerprint density at radius 2 is 2.10 bits per heavy atom. The second-order valence-corrected chi connectivity index (χ2v) is 3.27. The van der Waals surface area contributed by atoms with Gasteiger partial charge in [-0.15, -0.1) is 0 Å². The Kier molecular flexibility index (Phi) is 0.984. The Bertz CT molecular complexity index is 178. The van der Waals surface area contributed by atoms with Crippen molar-refractivity contribution in [3.05, 3.63) is 0 Å². The number of hydrogen-bond donors (Lipinski definition) is 0. The molecule has 0 amide bonds. The van der Waals surface area contributed by atoms with Gasteiger partial charge >= 0.3 is 0 Å². The summed E-state index contributed by atoms with van der Waals surface area (Å²) in [5, 5.41) is 0. The molecular weight excluding hydrogens is 138 g/mol. The summed E-state index contributed by atoms with van der Waals surface area (Å²) in [6.07, 6.45) is 1.52. The maximum Gasteiger partial charge on any atom is 0.251 e. The molecule has 0 aromatic heterocycles. The number of aldehydes is 1. The number of alkyl halides is 2. The van der Waals surface area contributed by atoms with E-state index in [4.69, 9.17) is 0 Å². The number of carbonyl (C=O) groups excluding carboxylic acids is 1. The highest BCUT2D eigenvalue weighted by Crippen LogP contribution is 2.62. The Hall–Kier alpha value is -0.470. The van der Waals surface area contributed by atoms with Crippen LogP contribution in [0.5, 0.6) is 0 Å². The Labute approximate surface area is 57.4 Å². The number of hydrogen-bond acceptors (Lipinski definition) is 1. The fourth-order valence-electron chi connectivity index (χ4n) is 1.55. The van der Waals surface area contributed by atoms with Gasteiger partial charge in [-0.3, -0.25) is 0 Å². The maximum absolute atomic E-state index is 12.3. The van der Waals surface area contributed by atoms with Crippen molar-refractivity contribution < 1.29 is 13.6 Å². The fraction of sp³-hybridized carbons (Fsp3) is 0.857. The lowest BCUT2D eigenvalue weighted by molar-refractivity contribution is -0.109. The number of carbonyl (C=O) groups is 1. The first-order chi connectivity index (χ1) is 4.65. The molecule has 3 heteroatoms. The molecule has 0 saturated heterocycles. The molecular formula is C7H8F2O. The average Bonchev–Trinajstić information content (AvgIpc) is 2.66. The standard InChI is InChI=1S/C7H8F2O/c8-7(9)2-6(7)5-1-4(5)3-10/h3-6H,1-2H2/t4-,5-,6-/m0/s1. The van der Waals surface area contributed by atoms with Crippen molar-refractivity contribution >= 4 is 6.29 Å². The fourth-order valence-corrected chi connectivity index (χ4v) is 1.55. The molecule has 2 saturated carbocycles. The van der Waals surface area contributed by atoms with Gasteiger partial charge < -0.3 is 4.79 Å². The predicted molar refractivity (Wildman–Crippen MR) is 30.7 cm³/mol. The molecule has 0 aromatic rings. The lowest BCUT2D eigenvalue weighted by atomic mass is 10.2. The van der Waals surface area contributed by atoms with Crippen molar-refractivity contribution in [2.24, 2.45) is 17.8 Å². The molecule has 0 heterocycles. The van der Waals surface area contributed by atoms with Crippen molar-refractivity contribution in [3.63, 3.8) is 0 Å². The van der Waals surface area contributed by atoms with Gasteiger partial charge in [0.1, 0.15) is 6.29 Å². The molecule has 56 valence electrons. The molecule has 0 aliphatic heterocycles. The van der Waals surface area contributed by atoms with Gasteiger partial charge in [0.15, 0.2) is 0 Å². The van der Waals surface area contributed by atoms with Gasteiger partial charge in [0.2, 0.25) is 0 Å². The number of halogens is 2. The SMILES string of the molecule is O=C[C@@H]1C[C@@H]1[C@@H]1CC1(F)F. The maximum atomic E-state index is 12.3. The zero-order valence-electron chi connectivity index (χ0n) is 5.39. The minimum Gasteiger partial charge on any atom is -0.303 e. The van der Waals surface area contributed by atoms with Gasteiger partial charge in [0.25, 0.3) is 5.92 Å². The van der Waals surface area contributed by atoms with Gasteiger partial charge in [-0.25, -0.2) is 8.78 Å². The second-order valence-electron chi connectivity index (χ2n) is 3.27. The Balaban J connectivity index is 1.90. The van der Waals surface area contributed by atoms with E-state index in [0.29, 0.717) is 6.42 Å². The summed E-state index contributed by atoms with van der Waals surface area (Å²) >= 11 is 0. The van der Waals surface area contributed by atoms with Crippen LogP contribution in [0.25, 0.3) is 0 Å². The highest BCUT2D eigenvalue weighted by Gasteiger charge is 2.65. The van der Waals surface area contributed by atoms with E-state index in [1.807, 2.05) is 0 Å². The third-order valence-electron chi connectivity index (χ3n) is 2.46. The monoisotopic (exact) mass is 146 g/mol. The normalized spacial score (nSPS) is 48.4. The molecule has 1 nitrogen and oxygen atoms in total. The van der Waals surface area contributed by atoms with Crippen molar-refractivity contribution in [1.82, 2.24) is 0 Å². The van der Waals surface area contributed by atoms with Gasteiger partial charge in [-0.05, 0) is 12.3 Å². The van der Waals surface area contributed by atoms with Crippen LogP contribution < -0.4 is 0 Å². The van der Waals surface area contributed by atoms with E-state index in [-0.39, 0.29) is 18.3 Å². The van der Waals surface area contributed by atoms with E-state index in [2.05, 4.69) is 0 Å². The van der Waals surface area contributed by atoms with Gasteiger partial charge in [-0.2, -0.15) is 0 Å². The first kappa shape index (κ1) is 6.25. The van der Waals surface area contributed by atoms with E-state index < -0.39 is 11.8 Å². The molecule has 2 rings (SSSR count). The Morgan fingerprint density at radius 1 is 1.50 bits per heavy atom. The van der Waals surface area contributed by atoms with Crippen molar-refractivity contribution in [1.29, 1.82) is 0 Å². The Morgan fingerprint density at radius 3 is 2.40 bits per heavy atom. The molecule has 10 heavy (non-hydrogen) atoms. The van der Waals surface area contributed by atoms with E-state index >= 15 is 0 Å². The van der Waals surface area contributed by atoms with Gasteiger partial charge in [0.05, 0.1) is 0 Å². The highest BCUT2D eigenvalue weighted by atomic mass is 19.3. The second kappa shape index (κ2) is 1.57. The van der Waals surface area contributed by atoms with Crippen molar-refractivity contribution in [2.45, 2.75) is 18.8 Å². The summed E-state index contributed by atoms with van der Waals surface area (Å²) in [4.78, 5) is 10.1. The summed E-state index contributed by atoms with van der Waals surface area (Å²) < 4.78 is 24.6. The van der Waals surface area contributed by atoms with Crippen LogP contribution in [-0.4, -0.2) is 12.2 Å². The minimum atomic E-state index is -2.43. The van der Waals surface area contributed by atoms with Crippen LogP contribution in [0.4, 0.5) is 8.78 Å². The van der Waals surface area contributed by atoms with Crippen LogP contribution in [0.15, 0.2) is 0 Å². The third-order valence-corrected chi connectivity index (χ3v) is 2.46. The third kappa shape index (κ3) is 0.762. The summed E-state index contributed by atoms with van der Waals surface area (Å²) in [5.41, 5.74) is 0.